The van der Waals surface area contributed by atoms with Crippen molar-refractivity contribution in [2.24, 2.45) is 0 Å². The predicted molar refractivity (Wildman–Crippen MR) is 105 cm³/mol. The lowest BCUT2D eigenvalue weighted by atomic mass is 9.97. The fourth-order valence-electron chi connectivity index (χ4n) is 3.06. The van der Waals surface area contributed by atoms with E-state index in [0.29, 0.717) is 28.1 Å². The number of rotatable bonds is 5. The number of anilines is 2. The standard InChI is InChI=1S/C20H11N5O5/c21-10-11-2-1-3-12(8-11)15-9-13(4-5-14(15)20(26)27)22-16-6-7-17(25(28)29)19-18(16)23-30-24-19/h1-9,22H,(H,26,27). The molecule has 30 heavy (non-hydrogen) atoms. The molecule has 4 rings (SSSR count). The fourth-order valence-corrected chi connectivity index (χ4v) is 3.06. The first-order valence-electron chi connectivity index (χ1n) is 8.52. The molecule has 0 aliphatic carbocycles. The van der Waals surface area contributed by atoms with E-state index in [1.807, 2.05) is 6.07 Å². The number of aromatic nitrogens is 2. The molecule has 10 heteroatoms. The van der Waals surface area contributed by atoms with Gasteiger partial charge in [0, 0.05) is 11.8 Å². The summed E-state index contributed by atoms with van der Waals surface area (Å²) in [5.74, 6) is -1.11. The number of nitriles is 1. The van der Waals surface area contributed by atoms with Crippen LogP contribution in [0.25, 0.3) is 22.2 Å². The van der Waals surface area contributed by atoms with Crippen molar-refractivity contribution in [3.8, 4) is 17.2 Å². The molecule has 10 nitrogen and oxygen atoms in total. The highest BCUT2D eigenvalue weighted by atomic mass is 16.6. The van der Waals surface area contributed by atoms with Crippen LogP contribution in [0.1, 0.15) is 15.9 Å². The maximum absolute atomic E-state index is 11.7. The number of carbonyl (C=O) groups is 1. The zero-order chi connectivity index (χ0) is 21.3. The molecule has 0 saturated carbocycles. The van der Waals surface area contributed by atoms with E-state index < -0.39 is 10.9 Å². The molecule has 0 bridgehead atoms. The highest BCUT2D eigenvalue weighted by Gasteiger charge is 2.20. The van der Waals surface area contributed by atoms with Gasteiger partial charge in [-0.15, -0.1) is 0 Å². The second kappa shape index (κ2) is 7.33. The van der Waals surface area contributed by atoms with Crippen LogP contribution in [0.15, 0.2) is 59.2 Å². The van der Waals surface area contributed by atoms with Gasteiger partial charge in [-0.1, -0.05) is 12.1 Å². The van der Waals surface area contributed by atoms with Crippen LogP contribution in [-0.2, 0) is 0 Å². The number of hydrogen-bond donors (Lipinski definition) is 2. The lowest BCUT2D eigenvalue weighted by Crippen LogP contribution is -2.01. The van der Waals surface area contributed by atoms with E-state index in [4.69, 9.17) is 5.26 Å². The number of nitrogens with zero attached hydrogens (tertiary/aromatic N) is 4. The van der Waals surface area contributed by atoms with Crippen LogP contribution in [0.5, 0.6) is 0 Å². The Morgan fingerprint density at radius 1 is 1.13 bits per heavy atom. The Balaban J connectivity index is 1.80. The molecule has 146 valence electrons. The summed E-state index contributed by atoms with van der Waals surface area (Å²) in [5, 5.41) is 40.2. The van der Waals surface area contributed by atoms with Gasteiger partial charge in [0.25, 0.3) is 0 Å². The second-order valence-corrected chi connectivity index (χ2v) is 6.23. The summed E-state index contributed by atoms with van der Waals surface area (Å²) in [6.07, 6.45) is 0. The minimum absolute atomic E-state index is 0.00546. The summed E-state index contributed by atoms with van der Waals surface area (Å²) < 4.78 is 4.65. The van der Waals surface area contributed by atoms with Crippen molar-refractivity contribution >= 4 is 34.1 Å². The first-order chi connectivity index (χ1) is 14.5. The molecule has 0 aliphatic heterocycles. The van der Waals surface area contributed by atoms with Gasteiger partial charge in [-0.2, -0.15) is 5.26 Å². The van der Waals surface area contributed by atoms with Crippen LogP contribution in [0, 0.1) is 21.4 Å². The van der Waals surface area contributed by atoms with Crippen molar-refractivity contribution in [3.05, 3.63) is 75.8 Å². The normalized spacial score (nSPS) is 10.5. The maximum Gasteiger partial charge on any atom is 0.336 e. The van der Waals surface area contributed by atoms with E-state index in [9.17, 15) is 20.0 Å². The number of non-ortho nitro benzene ring substituents is 1. The van der Waals surface area contributed by atoms with Gasteiger partial charge < -0.3 is 10.4 Å². The molecule has 4 aromatic rings. The van der Waals surface area contributed by atoms with E-state index in [0.717, 1.165) is 0 Å². The molecule has 0 aliphatic rings. The summed E-state index contributed by atoms with van der Waals surface area (Å²) in [4.78, 5) is 22.2. The first kappa shape index (κ1) is 18.6. The lowest BCUT2D eigenvalue weighted by molar-refractivity contribution is -0.383. The van der Waals surface area contributed by atoms with E-state index in [1.54, 1.807) is 36.4 Å². The van der Waals surface area contributed by atoms with Gasteiger partial charge >= 0.3 is 11.7 Å². The Hall–Kier alpha value is -4.78. The SMILES string of the molecule is N#Cc1cccc(-c2cc(Nc3ccc([N+](=O)[O-])c4nonc34)ccc2C(=O)O)c1. The second-order valence-electron chi connectivity index (χ2n) is 6.23. The molecule has 0 spiro atoms. The van der Waals surface area contributed by atoms with Gasteiger partial charge in [-0.25, -0.2) is 9.42 Å². The van der Waals surface area contributed by atoms with Crippen molar-refractivity contribution in [2.45, 2.75) is 0 Å². The largest absolute Gasteiger partial charge is 0.478 e. The van der Waals surface area contributed by atoms with Gasteiger partial charge in [-0.3, -0.25) is 10.1 Å². The summed E-state index contributed by atoms with van der Waals surface area (Å²) in [6.45, 7) is 0. The average molecular weight is 401 g/mol. The number of nitro groups is 1. The number of carboxylic acids is 1. The topological polar surface area (TPSA) is 155 Å². The van der Waals surface area contributed by atoms with Gasteiger partial charge in [-0.05, 0) is 57.8 Å². The molecule has 1 heterocycles. The van der Waals surface area contributed by atoms with E-state index in [2.05, 4.69) is 20.3 Å². The van der Waals surface area contributed by atoms with Gasteiger partial charge in [0.1, 0.15) is 0 Å². The molecule has 2 N–H and O–H groups in total. The highest BCUT2D eigenvalue weighted by Crippen LogP contribution is 2.33. The zero-order valence-electron chi connectivity index (χ0n) is 15.1. The van der Waals surface area contributed by atoms with Crippen LogP contribution < -0.4 is 5.32 Å². The van der Waals surface area contributed by atoms with Crippen molar-refractivity contribution in [1.82, 2.24) is 10.3 Å². The number of benzene rings is 3. The quantitative estimate of drug-likeness (QED) is 0.371. The van der Waals surface area contributed by atoms with Crippen molar-refractivity contribution in [3.63, 3.8) is 0 Å². The van der Waals surface area contributed by atoms with Crippen molar-refractivity contribution in [1.29, 1.82) is 5.26 Å². The number of hydrogen-bond acceptors (Lipinski definition) is 8. The fraction of sp³-hybridized carbons (Fsp3) is 0. The Bertz CT molecular complexity index is 1360. The monoisotopic (exact) mass is 401 g/mol. The van der Waals surface area contributed by atoms with Crippen LogP contribution in [-0.4, -0.2) is 26.3 Å². The minimum Gasteiger partial charge on any atom is -0.478 e. The van der Waals surface area contributed by atoms with Crippen LogP contribution in [0.4, 0.5) is 17.1 Å². The van der Waals surface area contributed by atoms with Gasteiger partial charge in [0.05, 0.1) is 27.8 Å². The van der Waals surface area contributed by atoms with Gasteiger partial charge in [0.2, 0.25) is 5.52 Å². The van der Waals surface area contributed by atoms with E-state index in [-0.39, 0.29) is 22.3 Å². The van der Waals surface area contributed by atoms with Crippen LogP contribution >= 0.6 is 0 Å². The summed E-state index contributed by atoms with van der Waals surface area (Å²) in [5.41, 5.74) is 2.25. The molecule has 0 amide bonds. The van der Waals surface area contributed by atoms with E-state index in [1.165, 1.54) is 18.2 Å². The number of nitro benzene ring substituents is 1. The number of aromatic carboxylic acids is 1. The Labute approximate surface area is 168 Å². The Morgan fingerprint density at radius 3 is 2.67 bits per heavy atom. The van der Waals surface area contributed by atoms with Crippen LogP contribution in [0.2, 0.25) is 0 Å². The molecule has 0 radical (unpaired) electrons. The maximum atomic E-state index is 11.7. The third kappa shape index (κ3) is 3.27. The smallest absolute Gasteiger partial charge is 0.336 e. The van der Waals surface area contributed by atoms with Crippen molar-refractivity contribution in [2.75, 3.05) is 5.32 Å². The van der Waals surface area contributed by atoms with Crippen LogP contribution in [0.3, 0.4) is 0 Å². The molecule has 0 fully saturated rings. The summed E-state index contributed by atoms with van der Waals surface area (Å²) in [6, 6.07) is 16.0. The minimum atomic E-state index is -1.11. The molecule has 3 aromatic carbocycles. The van der Waals surface area contributed by atoms with Crippen molar-refractivity contribution < 1.29 is 19.5 Å². The van der Waals surface area contributed by atoms with E-state index >= 15 is 0 Å². The molecular weight excluding hydrogens is 390 g/mol. The molecule has 0 saturated heterocycles. The molecule has 0 unspecified atom stereocenters. The van der Waals surface area contributed by atoms with Gasteiger partial charge in [0.15, 0.2) is 5.52 Å². The Morgan fingerprint density at radius 2 is 1.93 bits per heavy atom. The molecule has 1 aromatic heterocycles. The number of carboxylic acid groups (broad SMARTS) is 1. The number of nitrogens with one attached hydrogen (secondary N) is 1. The first-order valence-corrected chi connectivity index (χ1v) is 8.52. The summed E-state index contributed by atoms with van der Waals surface area (Å²) in [7, 11) is 0. The zero-order valence-corrected chi connectivity index (χ0v) is 15.1. The number of fused-ring (bicyclic) bond motifs is 1. The Kier molecular flexibility index (Phi) is 4.54. The highest BCUT2D eigenvalue weighted by molar-refractivity contribution is 5.98. The third-order valence-electron chi connectivity index (χ3n) is 4.42. The summed E-state index contributed by atoms with van der Waals surface area (Å²) >= 11 is 0. The average Bonchev–Trinajstić information content (AvgIpc) is 3.24. The predicted octanol–water partition coefficient (Wildman–Crippen LogP) is 4.11. The third-order valence-corrected chi connectivity index (χ3v) is 4.42. The molecule has 0 atom stereocenters. The lowest BCUT2D eigenvalue weighted by Gasteiger charge is -2.12. The molecular formula is C20H11N5O5.